The molecule has 3 heteroatoms. The maximum atomic E-state index is 2.14. The first-order chi connectivity index (χ1) is 1.91. The predicted octanol–water partition coefficient (Wildman–Crippen LogP) is -0.333. The van der Waals surface area contributed by atoms with Crippen LogP contribution in [-0.2, 0) is 0 Å². The van der Waals surface area contributed by atoms with E-state index in [1.165, 1.54) is 6.56 Å². The van der Waals surface area contributed by atoms with Gasteiger partial charge in [0, 0.05) is 0 Å². The van der Waals surface area contributed by atoms with Crippen molar-refractivity contribution in [1.82, 2.24) is 0 Å². The summed E-state index contributed by atoms with van der Waals surface area (Å²) in [4.78, 5) is 0. The molecule has 0 spiro atoms. The highest BCUT2D eigenvalue weighted by atomic mass is 32.2. The van der Waals surface area contributed by atoms with Gasteiger partial charge in [-0.15, -0.1) is 0 Å². The van der Waals surface area contributed by atoms with E-state index in [0.29, 0.717) is 0 Å². The van der Waals surface area contributed by atoms with E-state index in [0.717, 1.165) is 0 Å². The van der Waals surface area contributed by atoms with Crippen LogP contribution in [0.5, 0.6) is 0 Å². The standard InChI is InChI=1S/CH6B2S/c1-3-4-2/h3H,2H2,1H3. The molecule has 0 atom stereocenters. The summed E-state index contributed by atoms with van der Waals surface area (Å²) in [5, 5.41) is 0. The molecular weight excluding hydrogens is 65.7 g/mol. The maximum Gasteiger partial charge on any atom is 0.173 e. The van der Waals surface area contributed by atoms with Crippen LogP contribution in [0.2, 0.25) is 6.82 Å². The van der Waals surface area contributed by atoms with Crippen molar-refractivity contribution in [1.29, 1.82) is 0 Å². The lowest BCUT2D eigenvalue weighted by Crippen LogP contribution is -1.61. The maximum absolute atomic E-state index is 2.14. The molecule has 0 amide bonds. The van der Waals surface area contributed by atoms with Gasteiger partial charge in [0.05, 0.1) is 0 Å². The highest BCUT2D eigenvalue weighted by Gasteiger charge is 1.61. The van der Waals surface area contributed by atoms with E-state index in [2.05, 4.69) is 13.9 Å². The Morgan fingerprint density at radius 3 is 2.25 bits per heavy atom. The van der Waals surface area contributed by atoms with Crippen LogP contribution in [0.3, 0.4) is 0 Å². The Morgan fingerprint density at radius 1 is 2.00 bits per heavy atom. The highest BCUT2D eigenvalue weighted by Crippen LogP contribution is 1.77. The Hall–Kier alpha value is 0.480. The molecule has 0 bridgehead atoms. The van der Waals surface area contributed by atoms with Crippen molar-refractivity contribution >= 4 is 25.1 Å². The highest BCUT2D eigenvalue weighted by molar-refractivity contribution is 8.38. The minimum atomic E-state index is 1.24. The van der Waals surface area contributed by atoms with Crippen molar-refractivity contribution in [2.45, 2.75) is 6.82 Å². The normalized spacial score (nSPS) is 6.25. The molecule has 0 aromatic heterocycles. The Kier molecular flexibility index (Phi) is 3.90. The van der Waals surface area contributed by atoms with Crippen LogP contribution in [-0.4, -0.2) is 13.7 Å². The second kappa shape index (κ2) is 3.48. The van der Waals surface area contributed by atoms with Crippen molar-refractivity contribution in [3.05, 3.63) is 0 Å². The van der Waals surface area contributed by atoms with E-state index >= 15 is 0 Å². The Labute approximate surface area is 32.8 Å². The van der Waals surface area contributed by atoms with Gasteiger partial charge in [0.1, 0.15) is 0 Å². The minimum Gasteiger partial charge on any atom is -0.267 e. The number of hydrogen-bond acceptors (Lipinski definition) is 1. The SMILES string of the molecule is BSBC. The van der Waals surface area contributed by atoms with E-state index in [1.54, 1.807) is 0 Å². The second-order valence-corrected chi connectivity index (χ2v) is 1.73. The second-order valence-electron chi connectivity index (χ2n) is 0.577. The molecule has 0 N–H and O–H groups in total. The fourth-order valence-electron chi connectivity index (χ4n) is 0. The van der Waals surface area contributed by atoms with Crippen molar-refractivity contribution in [3.8, 4) is 0 Å². The van der Waals surface area contributed by atoms with Crippen LogP contribution in [0, 0.1) is 0 Å². The Balaban J connectivity index is 1.97. The molecule has 0 aromatic carbocycles. The molecule has 0 aromatic rings. The molecule has 4 heavy (non-hydrogen) atoms. The summed E-state index contributed by atoms with van der Waals surface area (Å²) in [7, 11) is 2.10. The zero-order valence-electron chi connectivity index (χ0n) is 3.12. The first kappa shape index (κ1) is 4.48. The topological polar surface area (TPSA) is 0 Å². The summed E-state index contributed by atoms with van der Waals surface area (Å²) < 4.78 is 0. The average Bonchev–Trinajstić information content (AvgIpc) is 1.37. The summed E-state index contributed by atoms with van der Waals surface area (Å²) in [6.45, 7) is 3.38. The molecule has 0 aliphatic rings. The van der Waals surface area contributed by atoms with Crippen molar-refractivity contribution in [2.24, 2.45) is 0 Å². The number of rotatable bonds is 1. The summed E-state index contributed by atoms with van der Waals surface area (Å²) in [5.74, 6) is 0. The molecule has 0 heterocycles. The minimum absolute atomic E-state index is 1.24. The van der Waals surface area contributed by atoms with Crippen LogP contribution in [0.25, 0.3) is 0 Å². The fraction of sp³-hybridized carbons (Fsp3) is 1.00. The predicted molar refractivity (Wildman–Crippen MR) is 29.1 cm³/mol. The van der Waals surface area contributed by atoms with E-state index in [9.17, 15) is 0 Å². The van der Waals surface area contributed by atoms with Crippen LogP contribution in [0.15, 0.2) is 0 Å². The van der Waals surface area contributed by atoms with Gasteiger partial charge in [-0.2, -0.15) is 0 Å². The molecule has 0 unspecified atom stereocenters. The molecule has 0 saturated carbocycles. The van der Waals surface area contributed by atoms with Crippen LogP contribution < -0.4 is 0 Å². The first-order valence-electron chi connectivity index (χ1n) is 1.40. The summed E-state index contributed by atoms with van der Waals surface area (Å²) >= 11 is 1.86. The van der Waals surface area contributed by atoms with E-state index in [1.807, 2.05) is 11.5 Å². The third-order valence-corrected chi connectivity index (χ3v) is 0.866. The van der Waals surface area contributed by atoms with E-state index in [-0.39, 0.29) is 0 Å². The fourth-order valence-corrected chi connectivity index (χ4v) is 0. The molecule has 0 fully saturated rings. The van der Waals surface area contributed by atoms with Gasteiger partial charge in [-0.3, -0.25) is 11.5 Å². The Bertz CT molecular complexity index is 8.00. The molecular formula is CH6B2S. The lowest BCUT2D eigenvalue weighted by Gasteiger charge is -1.65. The van der Waals surface area contributed by atoms with Gasteiger partial charge in [0.25, 0.3) is 0 Å². The monoisotopic (exact) mass is 72.0 g/mol. The van der Waals surface area contributed by atoms with Crippen molar-refractivity contribution in [2.75, 3.05) is 0 Å². The summed E-state index contributed by atoms with van der Waals surface area (Å²) in [6.07, 6.45) is 0. The molecule has 0 radical (unpaired) electrons. The van der Waals surface area contributed by atoms with E-state index < -0.39 is 0 Å². The zero-order chi connectivity index (χ0) is 3.41. The smallest absolute Gasteiger partial charge is 0.173 e. The van der Waals surface area contributed by atoms with Crippen molar-refractivity contribution < 1.29 is 0 Å². The third kappa shape index (κ3) is 2.48. The first-order valence-corrected chi connectivity index (χ1v) is 2.80. The molecule has 0 nitrogen and oxygen atoms in total. The largest absolute Gasteiger partial charge is 0.267 e. The lowest BCUT2D eigenvalue weighted by molar-refractivity contribution is 2.38. The summed E-state index contributed by atoms with van der Waals surface area (Å²) in [6, 6.07) is 0. The van der Waals surface area contributed by atoms with Crippen molar-refractivity contribution in [3.63, 3.8) is 0 Å². The lowest BCUT2D eigenvalue weighted by atomic mass is 10.2. The van der Waals surface area contributed by atoms with Gasteiger partial charge < -0.3 is 0 Å². The van der Waals surface area contributed by atoms with Crippen LogP contribution in [0.4, 0.5) is 0 Å². The van der Waals surface area contributed by atoms with Gasteiger partial charge in [-0.05, 0) is 0 Å². The quantitative estimate of drug-likeness (QED) is 0.382. The molecule has 0 rings (SSSR count). The molecule has 0 aliphatic carbocycles. The van der Waals surface area contributed by atoms with Gasteiger partial charge in [0.15, 0.2) is 13.7 Å². The molecule has 22 valence electrons. The van der Waals surface area contributed by atoms with Gasteiger partial charge >= 0.3 is 0 Å². The van der Waals surface area contributed by atoms with Crippen LogP contribution in [0.1, 0.15) is 0 Å². The third-order valence-electron chi connectivity index (χ3n) is 0.289. The van der Waals surface area contributed by atoms with Gasteiger partial charge in [-0.25, -0.2) is 0 Å². The molecule has 0 saturated heterocycles. The average molecular weight is 71.8 g/mol. The van der Waals surface area contributed by atoms with E-state index in [4.69, 9.17) is 0 Å². The number of hydrogen-bond donors (Lipinski definition) is 0. The summed E-state index contributed by atoms with van der Waals surface area (Å²) in [5.41, 5.74) is 0. The zero-order valence-corrected chi connectivity index (χ0v) is 3.93. The Morgan fingerprint density at radius 2 is 2.25 bits per heavy atom. The molecule has 0 aliphatic heterocycles. The van der Waals surface area contributed by atoms with Gasteiger partial charge in [-0.1, -0.05) is 6.82 Å². The van der Waals surface area contributed by atoms with Gasteiger partial charge in [0.2, 0.25) is 0 Å². The van der Waals surface area contributed by atoms with Crippen LogP contribution >= 0.6 is 11.5 Å².